The Morgan fingerprint density at radius 1 is 1.53 bits per heavy atom. The summed E-state index contributed by atoms with van der Waals surface area (Å²) >= 11 is 1.52. The van der Waals surface area contributed by atoms with Crippen LogP contribution in [0.3, 0.4) is 0 Å². The van der Waals surface area contributed by atoms with E-state index < -0.39 is 35.9 Å². The van der Waals surface area contributed by atoms with Gasteiger partial charge in [0.05, 0.1) is 6.20 Å². The highest BCUT2D eigenvalue weighted by Crippen LogP contribution is 2.30. The molecule has 0 saturated heterocycles. The predicted molar refractivity (Wildman–Crippen MR) is 55.4 cm³/mol. The Morgan fingerprint density at radius 3 is 2.53 bits per heavy atom. The van der Waals surface area contributed by atoms with Gasteiger partial charge < -0.3 is 9.84 Å². The average Bonchev–Trinajstić information content (AvgIpc) is 2.17. The second kappa shape index (κ2) is 5.02. The van der Waals surface area contributed by atoms with Gasteiger partial charge in [-0.3, -0.25) is 0 Å². The normalized spacial score (nSPS) is 11.4. The maximum absolute atomic E-state index is 12.6. The molecule has 0 fully saturated rings. The van der Waals surface area contributed by atoms with E-state index in [1.54, 1.807) is 0 Å². The van der Waals surface area contributed by atoms with E-state index in [1.807, 2.05) is 0 Å². The fraction of sp³-hybridized carbons (Fsp3) is 0.250. The second-order valence-corrected chi connectivity index (χ2v) is 3.78. The Labute approximate surface area is 106 Å². The van der Waals surface area contributed by atoms with Crippen LogP contribution in [0.25, 0.3) is 0 Å². The number of rotatable bonds is 3. The summed E-state index contributed by atoms with van der Waals surface area (Å²) < 4.78 is 52.0. The second-order valence-electron chi connectivity index (χ2n) is 2.75. The van der Waals surface area contributed by atoms with Crippen molar-refractivity contribution in [1.82, 2.24) is 4.98 Å². The summed E-state index contributed by atoms with van der Waals surface area (Å²) in [7, 11) is 0. The van der Waals surface area contributed by atoms with Gasteiger partial charge in [0.2, 0.25) is 0 Å². The highest BCUT2D eigenvalue weighted by Gasteiger charge is 2.34. The number of carbonyl (C=O) groups is 1. The van der Waals surface area contributed by atoms with Gasteiger partial charge in [-0.2, -0.15) is 0 Å². The van der Waals surface area contributed by atoms with Crippen molar-refractivity contribution < 1.29 is 32.2 Å². The first-order valence-electron chi connectivity index (χ1n) is 3.98. The quantitative estimate of drug-likeness (QED) is 0.509. The number of alkyl halides is 4. The van der Waals surface area contributed by atoms with Crippen LogP contribution in [0.4, 0.5) is 17.6 Å². The lowest BCUT2D eigenvalue weighted by atomic mass is 10.1. The molecule has 0 spiro atoms. The summed E-state index contributed by atoms with van der Waals surface area (Å²) in [4.78, 5) is 14.2. The fourth-order valence-corrected chi connectivity index (χ4v) is 1.62. The van der Waals surface area contributed by atoms with Gasteiger partial charge in [-0.25, -0.2) is 14.2 Å². The SMILES string of the molecule is O=C(O)c1c(OC(F)(F)F)cnc(I)c1CF. The zero-order chi connectivity index (χ0) is 13.2. The van der Waals surface area contributed by atoms with Crippen molar-refractivity contribution in [3.05, 3.63) is 21.0 Å². The molecule has 9 heteroatoms. The Bertz CT molecular complexity index is 449. The molecule has 1 N–H and O–H groups in total. The third-order valence-corrected chi connectivity index (χ3v) is 2.60. The van der Waals surface area contributed by atoms with Crippen LogP contribution in [0.2, 0.25) is 0 Å². The molecule has 1 aromatic heterocycles. The predicted octanol–water partition coefficient (Wildman–Crippen LogP) is 2.75. The van der Waals surface area contributed by atoms with Crippen molar-refractivity contribution in [1.29, 1.82) is 0 Å². The zero-order valence-corrected chi connectivity index (χ0v) is 10.0. The number of halogens is 5. The molecule has 1 aromatic rings. The van der Waals surface area contributed by atoms with E-state index >= 15 is 0 Å². The molecule has 0 aliphatic rings. The van der Waals surface area contributed by atoms with Crippen LogP contribution in [0, 0.1) is 3.70 Å². The Kier molecular flexibility index (Phi) is 4.11. The van der Waals surface area contributed by atoms with E-state index in [0.29, 0.717) is 6.20 Å². The first-order chi connectivity index (χ1) is 7.76. The monoisotopic (exact) mass is 365 g/mol. The molecule has 0 aromatic carbocycles. The average molecular weight is 365 g/mol. The van der Waals surface area contributed by atoms with E-state index in [4.69, 9.17) is 5.11 Å². The Morgan fingerprint density at radius 2 is 2.12 bits per heavy atom. The molecular weight excluding hydrogens is 361 g/mol. The first-order valence-corrected chi connectivity index (χ1v) is 5.06. The van der Waals surface area contributed by atoms with Crippen molar-refractivity contribution in [3.63, 3.8) is 0 Å². The van der Waals surface area contributed by atoms with Crippen LogP contribution in [0.5, 0.6) is 5.75 Å². The number of hydrogen-bond acceptors (Lipinski definition) is 3. The number of pyridine rings is 1. The van der Waals surface area contributed by atoms with Crippen molar-refractivity contribution in [3.8, 4) is 5.75 Å². The molecule has 0 unspecified atom stereocenters. The third kappa shape index (κ3) is 3.41. The van der Waals surface area contributed by atoms with Gasteiger partial charge >= 0.3 is 12.3 Å². The number of nitrogens with zero attached hydrogens (tertiary/aromatic N) is 1. The number of carboxylic acid groups (broad SMARTS) is 1. The van der Waals surface area contributed by atoms with E-state index in [1.165, 1.54) is 22.6 Å². The van der Waals surface area contributed by atoms with Gasteiger partial charge in [0.15, 0.2) is 5.75 Å². The number of hydrogen-bond donors (Lipinski definition) is 1. The lowest BCUT2D eigenvalue weighted by molar-refractivity contribution is -0.274. The minimum absolute atomic E-state index is 0.0305. The molecule has 0 radical (unpaired) electrons. The molecular formula is C8H4F4INO3. The number of aromatic carboxylic acids is 1. The smallest absolute Gasteiger partial charge is 0.478 e. The molecule has 17 heavy (non-hydrogen) atoms. The third-order valence-electron chi connectivity index (χ3n) is 1.67. The highest BCUT2D eigenvalue weighted by molar-refractivity contribution is 14.1. The van der Waals surface area contributed by atoms with Crippen molar-refractivity contribution in [2.45, 2.75) is 13.0 Å². The number of aromatic nitrogens is 1. The van der Waals surface area contributed by atoms with Crippen LogP contribution in [0.15, 0.2) is 6.20 Å². The van der Waals surface area contributed by atoms with Crippen molar-refractivity contribution in [2.24, 2.45) is 0 Å². The molecule has 0 amide bonds. The lowest BCUT2D eigenvalue weighted by Crippen LogP contribution is -2.20. The van der Waals surface area contributed by atoms with Crippen molar-refractivity contribution >= 4 is 28.6 Å². The van der Waals surface area contributed by atoms with E-state index in [-0.39, 0.29) is 3.70 Å². The summed E-state index contributed by atoms with van der Waals surface area (Å²) in [6, 6.07) is 0. The lowest BCUT2D eigenvalue weighted by Gasteiger charge is -2.13. The molecule has 1 heterocycles. The summed E-state index contributed by atoms with van der Waals surface area (Å²) in [5.41, 5.74) is -1.32. The summed E-state index contributed by atoms with van der Waals surface area (Å²) in [5, 5.41) is 8.75. The van der Waals surface area contributed by atoms with Gasteiger partial charge in [-0.1, -0.05) is 0 Å². The zero-order valence-electron chi connectivity index (χ0n) is 7.89. The van der Waals surface area contributed by atoms with Crippen LogP contribution >= 0.6 is 22.6 Å². The van der Waals surface area contributed by atoms with Crippen LogP contribution in [0.1, 0.15) is 15.9 Å². The minimum Gasteiger partial charge on any atom is -0.478 e. The fourth-order valence-electron chi connectivity index (χ4n) is 1.07. The van der Waals surface area contributed by atoms with Crippen LogP contribution in [-0.2, 0) is 6.67 Å². The summed E-state index contributed by atoms with van der Waals surface area (Å²) in [5.74, 6) is -2.74. The maximum atomic E-state index is 12.6. The summed E-state index contributed by atoms with van der Waals surface area (Å²) in [6.45, 7) is -1.25. The van der Waals surface area contributed by atoms with Gasteiger partial charge in [0, 0.05) is 5.56 Å². The standard InChI is InChI=1S/C8H4F4INO3/c9-1-3-5(7(15)16)4(2-14-6(3)13)17-8(10,11)12/h2H,1H2,(H,15,16). The maximum Gasteiger partial charge on any atom is 0.573 e. The first kappa shape index (κ1) is 13.9. The molecule has 0 saturated carbocycles. The molecule has 0 bridgehead atoms. The molecule has 94 valence electrons. The van der Waals surface area contributed by atoms with E-state index in [0.717, 1.165) is 0 Å². The highest BCUT2D eigenvalue weighted by atomic mass is 127. The van der Waals surface area contributed by atoms with Gasteiger partial charge in [0.1, 0.15) is 15.9 Å². The molecule has 0 aliphatic heterocycles. The van der Waals surface area contributed by atoms with Crippen LogP contribution in [-0.4, -0.2) is 22.4 Å². The number of carboxylic acids is 1. The van der Waals surface area contributed by atoms with Gasteiger partial charge in [0.25, 0.3) is 0 Å². The van der Waals surface area contributed by atoms with Crippen LogP contribution < -0.4 is 4.74 Å². The molecule has 4 nitrogen and oxygen atoms in total. The van der Waals surface area contributed by atoms with E-state index in [2.05, 4.69) is 9.72 Å². The minimum atomic E-state index is -5.06. The topological polar surface area (TPSA) is 59.4 Å². The Balaban J connectivity index is 3.36. The molecule has 0 aliphatic carbocycles. The van der Waals surface area contributed by atoms with Crippen molar-refractivity contribution in [2.75, 3.05) is 0 Å². The van der Waals surface area contributed by atoms with Gasteiger partial charge in [-0.15, -0.1) is 13.2 Å². The van der Waals surface area contributed by atoms with Gasteiger partial charge in [-0.05, 0) is 22.6 Å². The number of ether oxygens (including phenoxy) is 1. The largest absolute Gasteiger partial charge is 0.573 e. The molecule has 0 atom stereocenters. The molecule has 1 rings (SSSR count). The summed E-state index contributed by atoms with van der Waals surface area (Å²) in [6.07, 6.45) is -4.47. The Hall–Kier alpha value is -1.13. The van der Waals surface area contributed by atoms with E-state index in [9.17, 15) is 22.4 Å².